The van der Waals surface area contributed by atoms with E-state index in [1.165, 1.54) is 0 Å². The number of nitrogens with zero attached hydrogens (tertiary/aromatic N) is 3. The molecule has 1 amide bonds. The highest BCUT2D eigenvalue weighted by molar-refractivity contribution is 8.00. The van der Waals surface area contributed by atoms with Gasteiger partial charge in [0.05, 0.1) is 22.9 Å². The molecular weight excluding hydrogens is 286 g/mol. The molecule has 2 aromatic rings. The zero-order valence-corrected chi connectivity index (χ0v) is 13.1. The van der Waals surface area contributed by atoms with E-state index in [0.717, 1.165) is 35.7 Å². The minimum Gasteiger partial charge on any atom is -0.383 e. The molecular formula is C15H19N3O2S. The maximum atomic E-state index is 12.1. The van der Waals surface area contributed by atoms with Gasteiger partial charge in [-0.25, -0.2) is 4.98 Å². The zero-order chi connectivity index (χ0) is 14.8. The van der Waals surface area contributed by atoms with Gasteiger partial charge in [-0.15, -0.1) is 0 Å². The van der Waals surface area contributed by atoms with Crippen LogP contribution in [0.4, 0.5) is 0 Å². The van der Waals surface area contributed by atoms with E-state index in [1.807, 2.05) is 25.2 Å². The molecule has 21 heavy (non-hydrogen) atoms. The molecule has 1 aromatic heterocycles. The predicted molar refractivity (Wildman–Crippen MR) is 83.5 cm³/mol. The molecule has 0 saturated carbocycles. The average Bonchev–Trinajstić information content (AvgIpc) is 3.00. The Labute approximate surface area is 128 Å². The Balaban J connectivity index is 1.91. The number of carbonyl (C=O) groups excluding carboxylic acids is 1. The largest absolute Gasteiger partial charge is 0.383 e. The number of amides is 1. The second-order valence-electron chi connectivity index (χ2n) is 5.18. The molecule has 0 N–H and O–H groups in total. The first-order valence-electron chi connectivity index (χ1n) is 7.06. The fourth-order valence-corrected chi connectivity index (χ4v) is 3.80. The number of carbonyl (C=O) groups is 1. The molecule has 2 heterocycles. The lowest BCUT2D eigenvalue weighted by Crippen LogP contribution is -2.24. The number of aromatic nitrogens is 2. The normalized spacial score (nSPS) is 18.9. The van der Waals surface area contributed by atoms with Gasteiger partial charge in [0.25, 0.3) is 0 Å². The predicted octanol–water partition coefficient (Wildman–Crippen LogP) is 2.01. The van der Waals surface area contributed by atoms with Crippen molar-refractivity contribution in [2.75, 3.05) is 27.3 Å². The Morgan fingerprint density at radius 1 is 1.43 bits per heavy atom. The molecule has 0 radical (unpaired) electrons. The van der Waals surface area contributed by atoms with Crippen molar-refractivity contribution in [1.29, 1.82) is 0 Å². The number of imidazole rings is 1. The summed E-state index contributed by atoms with van der Waals surface area (Å²) < 4.78 is 7.34. The van der Waals surface area contributed by atoms with Crippen molar-refractivity contribution < 1.29 is 9.53 Å². The van der Waals surface area contributed by atoms with E-state index >= 15 is 0 Å². The molecule has 0 unspecified atom stereocenters. The van der Waals surface area contributed by atoms with Crippen molar-refractivity contribution in [2.45, 2.75) is 23.4 Å². The van der Waals surface area contributed by atoms with E-state index in [0.29, 0.717) is 6.61 Å². The summed E-state index contributed by atoms with van der Waals surface area (Å²) in [5, 5.41) is 0.884. The summed E-state index contributed by atoms with van der Waals surface area (Å²) in [5.74, 6) is 0.199. The van der Waals surface area contributed by atoms with Gasteiger partial charge in [-0.1, -0.05) is 23.9 Å². The number of fused-ring (bicyclic) bond motifs is 1. The van der Waals surface area contributed by atoms with Gasteiger partial charge in [-0.05, 0) is 18.6 Å². The van der Waals surface area contributed by atoms with Crippen LogP contribution >= 0.6 is 11.8 Å². The third-order valence-corrected chi connectivity index (χ3v) is 5.01. The van der Waals surface area contributed by atoms with Crippen LogP contribution in [0.2, 0.25) is 0 Å². The highest BCUT2D eigenvalue weighted by Gasteiger charge is 2.31. The smallest absolute Gasteiger partial charge is 0.235 e. The van der Waals surface area contributed by atoms with Crippen LogP contribution in [0.3, 0.4) is 0 Å². The van der Waals surface area contributed by atoms with Crippen molar-refractivity contribution >= 4 is 28.7 Å². The van der Waals surface area contributed by atoms with Gasteiger partial charge in [0, 0.05) is 27.2 Å². The molecule has 1 atom stereocenters. The summed E-state index contributed by atoms with van der Waals surface area (Å²) in [4.78, 5) is 18.6. The van der Waals surface area contributed by atoms with Gasteiger partial charge in [-0.2, -0.15) is 0 Å². The van der Waals surface area contributed by atoms with Crippen LogP contribution in [-0.2, 0) is 16.1 Å². The third-order valence-electron chi connectivity index (χ3n) is 3.76. The maximum Gasteiger partial charge on any atom is 0.235 e. The molecule has 6 heteroatoms. The van der Waals surface area contributed by atoms with Crippen molar-refractivity contribution in [3.8, 4) is 0 Å². The molecule has 3 rings (SSSR count). The molecule has 1 fully saturated rings. The van der Waals surface area contributed by atoms with Gasteiger partial charge < -0.3 is 14.2 Å². The molecule has 1 aliphatic rings. The minimum atomic E-state index is -0.0203. The Hall–Kier alpha value is -1.53. The number of ether oxygens (including phenoxy) is 1. The fourth-order valence-electron chi connectivity index (χ4n) is 2.57. The van der Waals surface area contributed by atoms with Gasteiger partial charge in [0.15, 0.2) is 5.16 Å². The maximum absolute atomic E-state index is 12.1. The first-order chi connectivity index (χ1) is 10.2. The Bertz CT molecular complexity index is 655. The lowest BCUT2D eigenvalue weighted by molar-refractivity contribution is -0.126. The number of hydrogen-bond donors (Lipinski definition) is 0. The number of para-hydroxylation sites is 2. The van der Waals surface area contributed by atoms with Crippen molar-refractivity contribution in [3.05, 3.63) is 24.3 Å². The summed E-state index contributed by atoms with van der Waals surface area (Å²) in [5.41, 5.74) is 2.06. The quantitative estimate of drug-likeness (QED) is 0.848. The summed E-state index contributed by atoms with van der Waals surface area (Å²) >= 11 is 1.57. The Morgan fingerprint density at radius 2 is 2.24 bits per heavy atom. The highest BCUT2D eigenvalue weighted by Crippen LogP contribution is 2.32. The number of methoxy groups -OCH3 is 1. The summed E-state index contributed by atoms with van der Waals surface area (Å²) in [7, 11) is 3.55. The minimum absolute atomic E-state index is 0.0203. The molecule has 0 aliphatic carbocycles. The lowest BCUT2D eigenvalue weighted by atomic mass is 10.3. The van der Waals surface area contributed by atoms with E-state index in [1.54, 1.807) is 23.8 Å². The molecule has 1 saturated heterocycles. The van der Waals surface area contributed by atoms with Crippen molar-refractivity contribution in [1.82, 2.24) is 14.5 Å². The lowest BCUT2D eigenvalue weighted by Gasteiger charge is -2.11. The van der Waals surface area contributed by atoms with E-state index in [-0.39, 0.29) is 11.2 Å². The van der Waals surface area contributed by atoms with Crippen LogP contribution in [0, 0.1) is 0 Å². The average molecular weight is 305 g/mol. The van der Waals surface area contributed by atoms with Crippen LogP contribution in [0.25, 0.3) is 11.0 Å². The molecule has 1 aliphatic heterocycles. The van der Waals surface area contributed by atoms with Gasteiger partial charge in [0.2, 0.25) is 5.91 Å². The third kappa shape index (κ3) is 2.78. The number of thioether (sulfide) groups is 1. The van der Waals surface area contributed by atoms with Gasteiger partial charge >= 0.3 is 0 Å². The van der Waals surface area contributed by atoms with Crippen LogP contribution in [-0.4, -0.2) is 52.9 Å². The SMILES string of the molecule is COCCn1c(S[C@H]2CCN(C)C2=O)nc2ccccc21. The Kier molecular flexibility index (Phi) is 4.17. The summed E-state index contributed by atoms with van der Waals surface area (Å²) in [6, 6.07) is 8.06. The first-order valence-corrected chi connectivity index (χ1v) is 7.94. The van der Waals surface area contributed by atoms with Crippen LogP contribution in [0.5, 0.6) is 0 Å². The highest BCUT2D eigenvalue weighted by atomic mass is 32.2. The summed E-state index contributed by atoms with van der Waals surface area (Å²) in [6.45, 7) is 2.21. The van der Waals surface area contributed by atoms with E-state index < -0.39 is 0 Å². The number of rotatable bonds is 5. The molecule has 112 valence electrons. The molecule has 0 bridgehead atoms. The van der Waals surface area contributed by atoms with Crippen LogP contribution < -0.4 is 0 Å². The zero-order valence-electron chi connectivity index (χ0n) is 12.3. The second-order valence-corrected chi connectivity index (χ2v) is 6.35. The fraction of sp³-hybridized carbons (Fsp3) is 0.467. The molecule has 0 spiro atoms. The van der Waals surface area contributed by atoms with Gasteiger partial charge in [0.1, 0.15) is 0 Å². The first kappa shape index (κ1) is 14.4. The number of hydrogen-bond acceptors (Lipinski definition) is 4. The van der Waals surface area contributed by atoms with Crippen molar-refractivity contribution in [3.63, 3.8) is 0 Å². The standard InChI is InChI=1S/C15H19N3O2S/c1-17-8-7-13(14(17)19)21-15-16-11-5-3-4-6-12(11)18(15)9-10-20-2/h3-6,13H,7-10H2,1-2H3/t13-/m0/s1. The summed E-state index contributed by atoms with van der Waals surface area (Å²) in [6.07, 6.45) is 0.882. The number of likely N-dealkylation sites (tertiary alicyclic amines) is 1. The van der Waals surface area contributed by atoms with Gasteiger partial charge in [-0.3, -0.25) is 4.79 Å². The second kappa shape index (κ2) is 6.07. The topological polar surface area (TPSA) is 47.4 Å². The van der Waals surface area contributed by atoms with Crippen LogP contribution in [0.15, 0.2) is 29.4 Å². The molecule has 1 aromatic carbocycles. The van der Waals surface area contributed by atoms with E-state index in [2.05, 4.69) is 15.6 Å². The Morgan fingerprint density at radius 3 is 2.95 bits per heavy atom. The van der Waals surface area contributed by atoms with E-state index in [4.69, 9.17) is 4.74 Å². The monoisotopic (exact) mass is 305 g/mol. The van der Waals surface area contributed by atoms with Crippen molar-refractivity contribution in [2.24, 2.45) is 0 Å². The molecule has 5 nitrogen and oxygen atoms in total. The number of benzene rings is 1. The van der Waals surface area contributed by atoms with E-state index in [9.17, 15) is 4.79 Å². The van der Waals surface area contributed by atoms with Crippen LogP contribution in [0.1, 0.15) is 6.42 Å².